The smallest absolute Gasteiger partial charge is 0.342 e. The molecule has 0 atom stereocenters. The molecule has 1 heterocycles. The first-order valence-corrected chi connectivity index (χ1v) is 11.6. The summed E-state index contributed by atoms with van der Waals surface area (Å²) in [5, 5.41) is 0. The van der Waals surface area contributed by atoms with Crippen LogP contribution < -0.4 is 0 Å². The van der Waals surface area contributed by atoms with Crippen LogP contribution in [0.4, 0.5) is 13.2 Å². The Balaban J connectivity index is 1.53. The van der Waals surface area contributed by atoms with Crippen LogP contribution in [-0.4, -0.2) is 38.1 Å². The zero-order valence-electron chi connectivity index (χ0n) is 16.4. The number of nitrogens with zero attached hydrogens (tertiary/aromatic N) is 1. The number of hydrogen-bond acceptors (Lipinski definition) is 3. The molecule has 0 aromatic heterocycles. The number of piperidine rings is 1. The molecule has 8 heteroatoms. The lowest BCUT2D eigenvalue weighted by Gasteiger charge is -2.32. The summed E-state index contributed by atoms with van der Waals surface area (Å²) in [6.45, 7) is 0.991. The molecule has 0 saturated carbocycles. The summed E-state index contributed by atoms with van der Waals surface area (Å²) >= 11 is 0. The molecule has 2 aromatic carbocycles. The Hall–Kier alpha value is -2.35. The summed E-state index contributed by atoms with van der Waals surface area (Å²) in [6.07, 6.45) is -2.01. The molecular weight excluding hydrogens is 415 g/mol. The van der Waals surface area contributed by atoms with Gasteiger partial charge in [0.1, 0.15) is 5.75 Å². The third kappa shape index (κ3) is 6.32. The van der Waals surface area contributed by atoms with Crippen molar-refractivity contribution >= 4 is 15.7 Å². The minimum Gasteiger partial charge on any atom is -0.342 e. The van der Waals surface area contributed by atoms with Crippen molar-refractivity contribution in [1.29, 1.82) is 0 Å². The van der Waals surface area contributed by atoms with E-state index >= 15 is 0 Å². The lowest BCUT2D eigenvalue weighted by molar-refractivity contribution is -0.137. The number of benzene rings is 2. The van der Waals surface area contributed by atoms with Crippen LogP contribution in [0, 0.1) is 5.92 Å². The van der Waals surface area contributed by atoms with Gasteiger partial charge in [-0.05, 0) is 42.4 Å². The standard InChI is InChI=1S/C22H24F3NO3S/c23-22(24,25)20-8-4-7-19(14-20)15-30(28,29)16-21(27)26-11-9-18(10-12-26)13-17-5-2-1-3-6-17/h1-8,14,18H,9-13,15-16H2. The van der Waals surface area contributed by atoms with Gasteiger partial charge in [0, 0.05) is 13.1 Å². The van der Waals surface area contributed by atoms with Gasteiger partial charge in [-0.25, -0.2) is 8.42 Å². The number of carbonyl (C=O) groups excluding carboxylic acids is 1. The molecule has 162 valence electrons. The summed E-state index contributed by atoms with van der Waals surface area (Å²) in [7, 11) is -3.87. The highest BCUT2D eigenvalue weighted by molar-refractivity contribution is 7.91. The van der Waals surface area contributed by atoms with Crippen LogP contribution in [0.5, 0.6) is 0 Å². The second kappa shape index (κ2) is 9.20. The summed E-state index contributed by atoms with van der Waals surface area (Å²) in [5.41, 5.74) is 0.368. The fourth-order valence-electron chi connectivity index (χ4n) is 3.76. The van der Waals surface area contributed by atoms with Crippen LogP contribution in [0.3, 0.4) is 0 Å². The molecule has 1 fully saturated rings. The van der Waals surface area contributed by atoms with E-state index in [0.717, 1.165) is 31.4 Å². The number of sulfone groups is 1. The molecule has 1 aliphatic rings. The van der Waals surface area contributed by atoms with Crippen molar-refractivity contribution in [3.05, 3.63) is 71.3 Å². The summed E-state index contributed by atoms with van der Waals surface area (Å²) < 4.78 is 63.2. The second-order valence-electron chi connectivity index (χ2n) is 7.74. The number of hydrogen-bond donors (Lipinski definition) is 0. The quantitative estimate of drug-likeness (QED) is 0.681. The second-order valence-corrected chi connectivity index (χ2v) is 9.81. The van der Waals surface area contributed by atoms with Crippen molar-refractivity contribution < 1.29 is 26.4 Å². The van der Waals surface area contributed by atoms with Crippen LogP contribution >= 0.6 is 0 Å². The number of halogens is 3. The average molecular weight is 439 g/mol. The van der Waals surface area contributed by atoms with Gasteiger partial charge < -0.3 is 4.90 Å². The molecule has 1 aliphatic heterocycles. The van der Waals surface area contributed by atoms with Crippen molar-refractivity contribution in [3.8, 4) is 0 Å². The zero-order chi connectivity index (χ0) is 21.8. The Morgan fingerprint density at radius 2 is 1.60 bits per heavy atom. The Morgan fingerprint density at radius 3 is 2.23 bits per heavy atom. The molecule has 0 unspecified atom stereocenters. The Labute approximate surface area is 174 Å². The lowest BCUT2D eigenvalue weighted by Crippen LogP contribution is -2.41. The highest BCUT2D eigenvalue weighted by Gasteiger charge is 2.31. The molecule has 1 amide bonds. The fraction of sp³-hybridized carbons (Fsp3) is 0.409. The third-order valence-corrected chi connectivity index (χ3v) is 6.78. The third-order valence-electron chi connectivity index (χ3n) is 5.32. The monoisotopic (exact) mass is 439 g/mol. The predicted molar refractivity (Wildman–Crippen MR) is 108 cm³/mol. The van der Waals surface area contributed by atoms with Gasteiger partial charge in [0.05, 0.1) is 11.3 Å². The maximum atomic E-state index is 12.8. The number of carbonyl (C=O) groups is 1. The van der Waals surface area contributed by atoms with E-state index < -0.39 is 39.0 Å². The Kier molecular flexibility index (Phi) is 6.85. The average Bonchev–Trinajstić information content (AvgIpc) is 2.68. The molecular formula is C22H24F3NO3S. The lowest BCUT2D eigenvalue weighted by atomic mass is 9.90. The highest BCUT2D eigenvalue weighted by Crippen LogP contribution is 2.30. The molecule has 30 heavy (non-hydrogen) atoms. The molecule has 2 aromatic rings. The summed E-state index contributed by atoms with van der Waals surface area (Å²) in [4.78, 5) is 14.0. The number of likely N-dealkylation sites (tertiary alicyclic amines) is 1. The normalized spacial score (nSPS) is 15.9. The first kappa shape index (κ1) is 22.3. The van der Waals surface area contributed by atoms with Crippen LogP contribution in [0.1, 0.15) is 29.5 Å². The van der Waals surface area contributed by atoms with Gasteiger partial charge in [0.25, 0.3) is 0 Å². The van der Waals surface area contributed by atoms with Gasteiger partial charge in [-0.2, -0.15) is 13.2 Å². The fourth-order valence-corrected chi connectivity index (χ4v) is 5.10. The van der Waals surface area contributed by atoms with Crippen molar-refractivity contribution in [2.75, 3.05) is 18.8 Å². The SMILES string of the molecule is O=C(CS(=O)(=O)Cc1cccc(C(F)(F)F)c1)N1CCC(Cc2ccccc2)CC1. The molecule has 1 saturated heterocycles. The molecule has 0 aliphatic carbocycles. The minimum atomic E-state index is -4.54. The first-order valence-electron chi connectivity index (χ1n) is 9.81. The van der Waals surface area contributed by atoms with E-state index in [1.807, 2.05) is 18.2 Å². The van der Waals surface area contributed by atoms with E-state index in [9.17, 15) is 26.4 Å². The van der Waals surface area contributed by atoms with E-state index in [1.165, 1.54) is 17.7 Å². The Bertz CT molecular complexity index is 967. The molecule has 3 rings (SSSR count). The van der Waals surface area contributed by atoms with Crippen molar-refractivity contribution in [3.63, 3.8) is 0 Å². The number of alkyl halides is 3. The summed E-state index contributed by atoms with van der Waals surface area (Å²) in [6, 6.07) is 14.3. The van der Waals surface area contributed by atoms with E-state index in [1.54, 1.807) is 4.90 Å². The van der Waals surface area contributed by atoms with E-state index in [0.29, 0.717) is 19.0 Å². The van der Waals surface area contributed by atoms with Crippen LogP contribution in [0.2, 0.25) is 0 Å². The van der Waals surface area contributed by atoms with Crippen LogP contribution in [0.15, 0.2) is 54.6 Å². The highest BCUT2D eigenvalue weighted by atomic mass is 32.2. The first-order chi connectivity index (χ1) is 14.1. The topological polar surface area (TPSA) is 54.5 Å². The van der Waals surface area contributed by atoms with Gasteiger partial charge in [-0.3, -0.25) is 4.79 Å². The maximum absolute atomic E-state index is 12.8. The summed E-state index contributed by atoms with van der Waals surface area (Å²) in [5.74, 6) is -1.32. The van der Waals surface area contributed by atoms with Crippen molar-refractivity contribution in [2.24, 2.45) is 5.92 Å². The minimum absolute atomic E-state index is 0.0270. The van der Waals surface area contributed by atoms with Gasteiger partial charge in [0.15, 0.2) is 9.84 Å². The van der Waals surface area contributed by atoms with E-state index in [-0.39, 0.29) is 5.56 Å². The van der Waals surface area contributed by atoms with E-state index in [2.05, 4.69) is 12.1 Å². The van der Waals surface area contributed by atoms with E-state index in [4.69, 9.17) is 0 Å². The van der Waals surface area contributed by atoms with Crippen LogP contribution in [0.25, 0.3) is 0 Å². The zero-order valence-corrected chi connectivity index (χ0v) is 17.3. The number of rotatable bonds is 6. The van der Waals surface area contributed by atoms with Crippen molar-refractivity contribution in [2.45, 2.75) is 31.2 Å². The predicted octanol–water partition coefficient (Wildman–Crippen LogP) is 4.10. The molecule has 0 bridgehead atoms. The van der Waals surface area contributed by atoms with Gasteiger partial charge in [-0.1, -0.05) is 48.5 Å². The molecule has 4 nitrogen and oxygen atoms in total. The van der Waals surface area contributed by atoms with Crippen molar-refractivity contribution in [1.82, 2.24) is 4.90 Å². The largest absolute Gasteiger partial charge is 0.416 e. The van der Waals surface area contributed by atoms with Gasteiger partial charge in [0.2, 0.25) is 5.91 Å². The number of amides is 1. The molecule has 0 spiro atoms. The van der Waals surface area contributed by atoms with Crippen LogP contribution in [-0.2, 0) is 33.0 Å². The molecule has 0 N–H and O–H groups in total. The molecule has 0 radical (unpaired) electrons. The Morgan fingerprint density at radius 1 is 0.967 bits per heavy atom. The van der Waals surface area contributed by atoms with Gasteiger partial charge in [-0.15, -0.1) is 0 Å². The van der Waals surface area contributed by atoms with Gasteiger partial charge >= 0.3 is 6.18 Å². The maximum Gasteiger partial charge on any atom is 0.416 e.